The Morgan fingerprint density at radius 3 is 2.68 bits per heavy atom. The van der Waals surface area contributed by atoms with Gasteiger partial charge in [0.2, 0.25) is 0 Å². The second kappa shape index (κ2) is 5.28. The number of pyridine rings is 1. The van der Waals surface area contributed by atoms with Crippen LogP contribution in [-0.4, -0.2) is 24.4 Å². The van der Waals surface area contributed by atoms with Crippen LogP contribution in [0.4, 0.5) is 17.6 Å². The third-order valence-corrected chi connectivity index (χ3v) is 5.05. The van der Waals surface area contributed by atoms with Crippen molar-refractivity contribution in [1.82, 2.24) is 10.3 Å². The van der Waals surface area contributed by atoms with E-state index in [2.05, 4.69) is 15.3 Å². The van der Waals surface area contributed by atoms with Gasteiger partial charge in [0, 0.05) is 12.6 Å². The van der Waals surface area contributed by atoms with Crippen LogP contribution in [0.15, 0.2) is 35.3 Å². The lowest BCUT2D eigenvalue weighted by molar-refractivity contribution is -0.141. The first-order valence-electron chi connectivity index (χ1n) is 7.95. The fourth-order valence-corrected chi connectivity index (χ4v) is 3.87. The van der Waals surface area contributed by atoms with Gasteiger partial charge in [0.1, 0.15) is 17.3 Å². The lowest BCUT2D eigenvalue weighted by Crippen LogP contribution is -2.39. The minimum atomic E-state index is -4.53. The molecule has 2 aliphatic rings. The van der Waals surface area contributed by atoms with Gasteiger partial charge in [-0.1, -0.05) is 6.07 Å². The molecule has 0 radical (unpaired) electrons. The number of aliphatic imine (C=N–C) groups is 1. The Bertz CT molecular complexity index is 888. The van der Waals surface area contributed by atoms with E-state index in [1.165, 1.54) is 18.2 Å². The van der Waals surface area contributed by atoms with Gasteiger partial charge in [-0.05, 0) is 48.2 Å². The van der Waals surface area contributed by atoms with Gasteiger partial charge >= 0.3 is 6.18 Å². The zero-order chi connectivity index (χ0) is 17.8. The Labute approximate surface area is 141 Å². The van der Waals surface area contributed by atoms with Crippen LogP contribution in [0.1, 0.15) is 34.5 Å². The van der Waals surface area contributed by atoms with E-state index in [1.54, 1.807) is 13.1 Å². The summed E-state index contributed by atoms with van der Waals surface area (Å²) in [6, 6.07) is 6.85. The van der Waals surface area contributed by atoms with Crippen LogP contribution in [-0.2, 0) is 18.0 Å². The van der Waals surface area contributed by atoms with E-state index in [0.29, 0.717) is 35.5 Å². The van der Waals surface area contributed by atoms with Gasteiger partial charge in [0.15, 0.2) is 0 Å². The van der Waals surface area contributed by atoms with Crippen molar-refractivity contribution in [2.45, 2.75) is 24.4 Å². The van der Waals surface area contributed by atoms with Crippen molar-refractivity contribution in [3.63, 3.8) is 0 Å². The van der Waals surface area contributed by atoms with Crippen LogP contribution in [0.3, 0.4) is 0 Å². The van der Waals surface area contributed by atoms with Gasteiger partial charge < -0.3 is 5.32 Å². The van der Waals surface area contributed by atoms with Crippen molar-refractivity contribution in [2.75, 3.05) is 13.6 Å². The lowest BCUT2D eigenvalue weighted by Gasteiger charge is -2.34. The molecule has 0 saturated heterocycles. The Kier molecular flexibility index (Phi) is 3.39. The van der Waals surface area contributed by atoms with E-state index < -0.39 is 23.1 Å². The molecule has 25 heavy (non-hydrogen) atoms. The molecule has 1 aliphatic carbocycles. The molecule has 1 aromatic heterocycles. The summed E-state index contributed by atoms with van der Waals surface area (Å²) in [5, 5.41) is 2.91. The maximum Gasteiger partial charge on any atom is 0.433 e. The van der Waals surface area contributed by atoms with Crippen LogP contribution in [0, 0.1) is 5.82 Å². The Hall–Kier alpha value is -2.44. The average Bonchev–Trinajstić information content (AvgIpc) is 2.93. The van der Waals surface area contributed by atoms with Crippen molar-refractivity contribution in [3.05, 3.63) is 64.2 Å². The molecule has 1 spiro atoms. The predicted molar refractivity (Wildman–Crippen MR) is 85.2 cm³/mol. The molecule has 130 valence electrons. The zero-order valence-corrected chi connectivity index (χ0v) is 13.4. The molecule has 4 rings (SSSR count). The number of aromatic nitrogens is 1. The standard InChI is InChI=1S/C18H15F4N3/c1-23-16-12-4-5-14(18(20,21)22)25-15(12)17(9-24-16)7-6-10-2-3-11(19)8-13(10)17/h2-5,8H,6-7,9H2,1H3,(H,23,24). The molecule has 7 heteroatoms. The summed E-state index contributed by atoms with van der Waals surface area (Å²) in [6.07, 6.45) is -3.31. The highest BCUT2D eigenvalue weighted by Gasteiger charge is 2.47. The number of halogens is 4. The van der Waals surface area contributed by atoms with E-state index >= 15 is 0 Å². The Morgan fingerprint density at radius 1 is 1.16 bits per heavy atom. The van der Waals surface area contributed by atoms with Crippen LogP contribution < -0.4 is 5.32 Å². The molecule has 0 fully saturated rings. The Morgan fingerprint density at radius 2 is 1.96 bits per heavy atom. The number of nitrogens with one attached hydrogen (secondary N) is 1. The molecule has 1 unspecified atom stereocenters. The first-order valence-corrected chi connectivity index (χ1v) is 7.95. The van der Waals surface area contributed by atoms with E-state index in [1.807, 2.05) is 0 Å². The average molecular weight is 349 g/mol. The van der Waals surface area contributed by atoms with Crippen molar-refractivity contribution < 1.29 is 17.6 Å². The van der Waals surface area contributed by atoms with Gasteiger partial charge in [0.25, 0.3) is 0 Å². The van der Waals surface area contributed by atoms with Gasteiger partial charge in [0.05, 0.1) is 17.7 Å². The normalized spacial score (nSPS) is 21.7. The van der Waals surface area contributed by atoms with Crippen molar-refractivity contribution in [1.29, 1.82) is 0 Å². The predicted octanol–water partition coefficient (Wildman–Crippen LogP) is 3.45. The highest BCUT2D eigenvalue weighted by atomic mass is 19.4. The number of aryl methyl sites for hydroxylation is 1. The molecule has 0 bridgehead atoms. The number of nitrogens with zero attached hydrogens (tertiary/aromatic N) is 2. The monoisotopic (exact) mass is 349 g/mol. The largest absolute Gasteiger partial charge is 0.433 e. The molecule has 1 N–H and O–H groups in total. The molecule has 1 aromatic carbocycles. The molecule has 1 aliphatic heterocycles. The smallest absolute Gasteiger partial charge is 0.373 e. The summed E-state index contributed by atoms with van der Waals surface area (Å²) in [7, 11) is 1.67. The quantitative estimate of drug-likeness (QED) is 0.740. The number of alkyl halides is 3. The summed E-state index contributed by atoms with van der Waals surface area (Å²) in [6.45, 7) is 0.251. The van der Waals surface area contributed by atoms with Crippen LogP contribution >= 0.6 is 0 Å². The molecule has 3 nitrogen and oxygen atoms in total. The van der Waals surface area contributed by atoms with Crippen LogP contribution in [0.5, 0.6) is 0 Å². The summed E-state index contributed by atoms with van der Waals surface area (Å²) >= 11 is 0. The van der Waals surface area contributed by atoms with Crippen LogP contribution in [0.2, 0.25) is 0 Å². The summed E-state index contributed by atoms with van der Waals surface area (Å²) < 4.78 is 53.5. The molecular weight excluding hydrogens is 334 g/mol. The first-order chi connectivity index (χ1) is 11.8. The first kappa shape index (κ1) is 16.1. The molecule has 2 heterocycles. The minimum Gasteiger partial charge on any atom is -0.373 e. The second-order valence-corrected chi connectivity index (χ2v) is 6.39. The lowest BCUT2D eigenvalue weighted by atomic mass is 9.75. The summed E-state index contributed by atoms with van der Waals surface area (Å²) in [5.41, 5.74) is 0.751. The maximum absolute atomic E-state index is 13.8. The molecule has 0 saturated carbocycles. The van der Waals surface area contributed by atoms with E-state index in [9.17, 15) is 17.6 Å². The van der Waals surface area contributed by atoms with E-state index in [-0.39, 0.29) is 6.54 Å². The van der Waals surface area contributed by atoms with Crippen LogP contribution in [0.25, 0.3) is 0 Å². The minimum absolute atomic E-state index is 0.251. The zero-order valence-electron chi connectivity index (χ0n) is 13.4. The molecular formula is C18H15F4N3. The summed E-state index contributed by atoms with van der Waals surface area (Å²) in [4.78, 5) is 8.49. The number of fused-ring (bicyclic) bond motifs is 4. The van der Waals surface area contributed by atoms with Gasteiger partial charge in [-0.15, -0.1) is 0 Å². The number of amidine groups is 1. The van der Waals surface area contributed by atoms with Gasteiger partial charge in [-0.25, -0.2) is 9.37 Å². The highest BCUT2D eigenvalue weighted by Crippen LogP contribution is 2.47. The van der Waals surface area contributed by atoms with Gasteiger partial charge in [-0.2, -0.15) is 13.2 Å². The summed E-state index contributed by atoms with van der Waals surface area (Å²) in [5.74, 6) is 0.101. The van der Waals surface area contributed by atoms with E-state index in [4.69, 9.17) is 0 Å². The number of hydrogen-bond acceptors (Lipinski definition) is 3. The molecule has 0 amide bonds. The SMILES string of the molecule is CNC1=NCC2(CCc3ccc(F)cc32)c2nc(C(F)(F)F)ccc21. The van der Waals surface area contributed by atoms with Gasteiger partial charge in [-0.3, -0.25) is 4.99 Å². The third-order valence-electron chi connectivity index (χ3n) is 5.05. The number of rotatable bonds is 0. The van der Waals surface area contributed by atoms with Crippen molar-refractivity contribution in [3.8, 4) is 0 Å². The van der Waals surface area contributed by atoms with Crippen molar-refractivity contribution in [2.24, 2.45) is 4.99 Å². The second-order valence-electron chi connectivity index (χ2n) is 6.39. The third kappa shape index (κ3) is 2.33. The maximum atomic E-state index is 13.8. The fourth-order valence-electron chi connectivity index (χ4n) is 3.87. The molecule has 1 atom stereocenters. The number of hydrogen-bond donors (Lipinski definition) is 1. The van der Waals surface area contributed by atoms with E-state index in [0.717, 1.165) is 11.6 Å². The topological polar surface area (TPSA) is 37.3 Å². The fraction of sp³-hybridized carbons (Fsp3) is 0.333. The highest BCUT2D eigenvalue weighted by molar-refractivity contribution is 6.01. The number of benzene rings is 1. The Balaban J connectivity index is 1.98. The van der Waals surface area contributed by atoms with Crippen molar-refractivity contribution >= 4 is 5.84 Å². The molecule has 2 aromatic rings.